The van der Waals surface area contributed by atoms with Gasteiger partial charge in [-0.1, -0.05) is 34.1 Å². The lowest BCUT2D eigenvalue weighted by molar-refractivity contribution is 0.102. The molecule has 6 nitrogen and oxygen atoms in total. The fraction of sp³-hybridized carbons (Fsp3) is 0.0526. The van der Waals surface area contributed by atoms with Crippen molar-refractivity contribution in [3.63, 3.8) is 0 Å². The number of rotatable bonds is 6. The summed E-state index contributed by atoms with van der Waals surface area (Å²) in [4.78, 5) is 16.3. The summed E-state index contributed by atoms with van der Waals surface area (Å²) in [6, 6.07) is 16.7. The molecule has 2 aromatic carbocycles. The van der Waals surface area contributed by atoms with Gasteiger partial charge in [-0.15, -0.1) is 0 Å². The number of carbonyl (C=O) groups is 1. The number of sulfonamides is 1. The first kappa shape index (κ1) is 19.2. The number of anilines is 1. The maximum Gasteiger partial charge on any atom is 0.255 e. The van der Waals surface area contributed by atoms with Crippen LogP contribution in [0.15, 0.2) is 82.4 Å². The van der Waals surface area contributed by atoms with Crippen LogP contribution in [-0.2, 0) is 16.6 Å². The van der Waals surface area contributed by atoms with Crippen molar-refractivity contribution in [1.29, 1.82) is 0 Å². The number of amides is 1. The van der Waals surface area contributed by atoms with Crippen LogP contribution in [0.4, 0.5) is 5.69 Å². The van der Waals surface area contributed by atoms with Gasteiger partial charge in [-0.25, -0.2) is 13.1 Å². The summed E-state index contributed by atoms with van der Waals surface area (Å²) >= 11 is 3.26. The minimum Gasteiger partial charge on any atom is -0.321 e. The molecule has 0 radical (unpaired) electrons. The van der Waals surface area contributed by atoms with Crippen LogP contribution in [0.5, 0.6) is 0 Å². The van der Waals surface area contributed by atoms with Crippen molar-refractivity contribution in [1.82, 2.24) is 9.71 Å². The average Bonchev–Trinajstić information content (AvgIpc) is 2.68. The highest BCUT2D eigenvalue weighted by atomic mass is 79.9. The van der Waals surface area contributed by atoms with Gasteiger partial charge in [-0.2, -0.15) is 0 Å². The number of pyridine rings is 1. The maximum atomic E-state index is 12.3. The second-order valence-corrected chi connectivity index (χ2v) is 8.36. The Kier molecular flexibility index (Phi) is 6.00. The van der Waals surface area contributed by atoms with Crippen molar-refractivity contribution in [2.45, 2.75) is 11.4 Å². The van der Waals surface area contributed by atoms with E-state index in [0.29, 0.717) is 15.7 Å². The summed E-state index contributed by atoms with van der Waals surface area (Å²) in [5.41, 5.74) is 1.82. The van der Waals surface area contributed by atoms with E-state index in [2.05, 4.69) is 31.0 Å². The van der Waals surface area contributed by atoms with E-state index in [1.165, 1.54) is 12.1 Å². The highest BCUT2D eigenvalue weighted by molar-refractivity contribution is 9.10. The minimum absolute atomic E-state index is 0.124. The summed E-state index contributed by atoms with van der Waals surface area (Å²) in [7, 11) is -3.61. The van der Waals surface area contributed by atoms with Gasteiger partial charge in [0.1, 0.15) is 0 Å². The molecule has 0 fully saturated rings. The van der Waals surface area contributed by atoms with Crippen molar-refractivity contribution in [2.75, 3.05) is 5.32 Å². The molecule has 0 spiro atoms. The highest BCUT2D eigenvalue weighted by Crippen LogP contribution is 2.16. The maximum absolute atomic E-state index is 12.3. The van der Waals surface area contributed by atoms with Crippen LogP contribution in [0.3, 0.4) is 0 Å². The van der Waals surface area contributed by atoms with Gasteiger partial charge in [0.15, 0.2) is 0 Å². The highest BCUT2D eigenvalue weighted by Gasteiger charge is 2.14. The van der Waals surface area contributed by atoms with Crippen LogP contribution in [0.2, 0.25) is 0 Å². The molecule has 138 valence electrons. The fourth-order valence-electron chi connectivity index (χ4n) is 2.31. The average molecular weight is 446 g/mol. The van der Waals surface area contributed by atoms with Crippen LogP contribution in [0.25, 0.3) is 0 Å². The first-order valence-electron chi connectivity index (χ1n) is 7.99. The molecular formula is C19H16BrN3O3S. The van der Waals surface area contributed by atoms with Gasteiger partial charge >= 0.3 is 0 Å². The van der Waals surface area contributed by atoms with E-state index < -0.39 is 10.0 Å². The molecular weight excluding hydrogens is 430 g/mol. The summed E-state index contributed by atoms with van der Waals surface area (Å²) in [5, 5.41) is 2.74. The third-order valence-corrected chi connectivity index (χ3v) is 5.60. The molecule has 0 atom stereocenters. The lowest BCUT2D eigenvalue weighted by atomic mass is 10.1. The number of nitrogens with one attached hydrogen (secondary N) is 2. The molecule has 1 aromatic heterocycles. The molecule has 1 amide bonds. The third kappa shape index (κ3) is 5.22. The normalized spacial score (nSPS) is 11.1. The number of halogens is 1. The Bertz CT molecular complexity index is 1040. The molecule has 0 bridgehead atoms. The zero-order chi connectivity index (χ0) is 19.3. The number of carbonyl (C=O) groups excluding carboxylic acids is 1. The molecule has 2 N–H and O–H groups in total. The van der Waals surface area contributed by atoms with Gasteiger partial charge in [0.25, 0.3) is 5.91 Å². The number of benzene rings is 2. The number of hydrogen-bond donors (Lipinski definition) is 2. The number of hydrogen-bond acceptors (Lipinski definition) is 4. The Balaban J connectivity index is 1.63. The molecule has 3 rings (SSSR count). The van der Waals surface area contributed by atoms with Crippen molar-refractivity contribution >= 4 is 37.5 Å². The van der Waals surface area contributed by atoms with Gasteiger partial charge in [-0.3, -0.25) is 9.78 Å². The van der Waals surface area contributed by atoms with Gasteiger partial charge in [0.2, 0.25) is 10.0 Å². The number of aromatic nitrogens is 1. The van der Waals surface area contributed by atoms with Crippen LogP contribution in [0.1, 0.15) is 15.9 Å². The van der Waals surface area contributed by atoms with Crippen LogP contribution in [-0.4, -0.2) is 19.3 Å². The molecule has 27 heavy (non-hydrogen) atoms. The molecule has 0 aliphatic rings. The zero-order valence-electron chi connectivity index (χ0n) is 14.1. The predicted molar refractivity (Wildman–Crippen MR) is 107 cm³/mol. The third-order valence-electron chi connectivity index (χ3n) is 3.71. The van der Waals surface area contributed by atoms with E-state index in [1.54, 1.807) is 60.9 Å². The van der Waals surface area contributed by atoms with Crippen molar-refractivity contribution in [3.8, 4) is 0 Å². The molecule has 1 heterocycles. The predicted octanol–water partition coefficient (Wildman–Crippen LogP) is 3.57. The second-order valence-electron chi connectivity index (χ2n) is 5.67. The SMILES string of the molecule is O=C(Nc1cccnc1)c1ccc(CNS(=O)(=O)c2cccc(Br)c2)cc1. The van der Waals surface area contributed by atoms with Crippen LogP contribution < -0.4 is 10.0 Å². The van der Waals surface area contributed by atoms with Crippen molar-refractivity contribution < 1.29 is 13.2 Å². The molecule has 0 aliphatic carbocycles. The Morgan fingerprint density at radius 1 is 1.04 bits per heavy atom. The van der Waals surface area contributed by atoms with Gasteiger partial charge in [0, 0.05) is 22.8 Å². The Labute approximate surface area is 165 Å². The summed E-state index contributed by atoms with van der Waals surface area (Å²) < 4.78 is 27.9. The quantitative estimate of drug-likeness (QED) is 0.606. The minimum atomic E-state index is -3.61. The van der Waals surface area contributed by atoms with E-state index in [4.69, 9.17) is 0 Å². The van der Waals surface area contributed by atoms with Gasteiger partial charge < -0.3 is 5.32 Å². The molecule has 0 saturated carbocycles. The van der Waals surface area contributed by atoms with Crippen LogP contribution >= 0.6 is 15.9 Å². The first-order valence-corrected chi connectivity index (χ1v) is 10.3. The molecule has 3 aromatic rings. The summed E-state index contributed by atoms with van der Waals surface area (Å²) in [5.74, 6) is -0.260. The first-order chi connectivity index (χ1) is 12.9. The molecule has 8 heteroatoms. The Morgan fingerprint density at radius 3 is 2.48 bits per heavy atom. The lowest BCUT2D eigenvalue weighted by Crippen LogP contribution is -2.23. The van der Waals surface area contributed by atoms with E-state index in [1.807, 2.05) is 0 Å². The number of nitrogens with zero attached hydrogens (tertiary/aromatic N) is 1. The second kappa shape index (κ2) is 8.43. The lowest BCUT2D eigenvalue weighted by Gasteiger charge is -2.08. The van der Waals surface area contributed by atoms with Crippen molar-refractivity contribution in [2.24, 2.45) is 0 Å². The summed E-state index contributed by atoms with van der Waals surface area (Å²) in [6.07, 6.45) is 3.18. The van der Waals surface area contributed by atoms with Crippen LogP contribution in [0, 0.1) is 0 Å². The smallest absolute Gasteiger partial charge is 0.255 e. The largest absolute Gasteiger partial charge is 0.321 e. The fourth-order valence-corrected chi connectivity index (χ4v) is 3.92. The topological polar surface area (TPSA) is 88.2 Å². The standard InChI is InChI=1S/C19H16BrN3O3S/c20-16-3-1-5-18(11-16)27(25,26)22-12-14-6-8-15(9-7-14)19(24)23-17-4-2-10-21-13-17/h1-11,13,22H,12H2,(H,23,24). The van der Waals surface area contributed by atoms with E-state index in [0.717, 1.165) is 5.56 Å². The van der Waals surface area contributed by atoms with Gasteiger partial charge in [0.05, 0.1) is 16.8 Å². The monoisotopic (exact) mass is 445 g/mol. The van der Waals surface area contributed by atoms with E-state index in [9.17, 15) is 13.2 Å². The van der Waals surface area contributed by atoms with Crippen molar-refractivity contribution in [3.05, 3.63) is 88.7 Å². The zero-order valence-corrected chi connectivity index (χ0v) is 16.5. The van der Waals surface area contributed by atoms with E-state index >= 15 is 0 Å². The Hall–Kier alpha value is -2.55. The molecule has 0 saturated heterocycles. The molecule has 0 aliphatic heterocycles. The molecule has 0 unspecified atom stereocenters. The summed E-state index contributed by atoms with van der Waals surface area (Å²) in [6.45, 7) is 0.124. The van der Waals surface area contributed by atoms with E-state index in [-0.39, 0.29) is 17.3 Å². The Morgan fingerprint density at radius 2 is 1.81 bits per heavy atom. The van der Waals surface area contributed by atoms with Gasteiger partial charge in [-0.05, 0) is 48.0 Å².